The highest BCUT2D eigenvalue weighted by Crippen LogP contribution is 2.28. The number of carboxylic acid groups (broad SMARTS) is 1. The summed E-state index contributed by atoms with van der Waals surface area (Å²) in [5.74, 6) is -1.70. The van der Waals surface area contributed by atoms with E-state index < -0.39 is 22.5 Å². The molecule has 0 spiro atoms. The van der Waals surface area contributed by atoms with E-state index in [1.54, 1.807) is 13.8 Å². The summed E-state index contributed by atoms with van der Waals surface area (Å²) in [6.07, 6.45) is -0.248. The number of carbonyl (C=O) groups excluding carboxylic acids is 1. The first-order valence-electron chi connectivity index (χ1n) is 6.21. The lowest BCUT2D eigenvalue weighted by Crippen LogP contribution is -2.39. The summed E-state index contributed by atoms with van der Waals surface area (Å²) in [5.41, 5.74) is -0.614. The van der Waals surface area contributed by atoms with Crippen LogP contribution in [0.3, 0.4) is 0 Å². The van der Waals surface area contributed by atoms with Crippen LogP contribution in [0.25, 0.3) is 0 Å². The standard InChI is InChI=1S/C13H15ClN2O5/c1-8(2)15(7-6-11(17)18)13(19)12-9(14)4-3-5-10(12)16(20)21/h3-5,8H,6-7H2,1-2H3,(H,17,18). The monoisotopic (exact) mass is 314 g/mol. The molecule has 0 atom stereocenters. The maximum atomic E-state index is 12.5. The van der Waals surface area contributed by atoms with Crippen molar-refractivity contribution < 1.29 is 19.6 Å². The van der Waals surface area contributed by atoms with Gasteiger partial charge >= 0.3 is 5.97 Å². The molecule has 0 aliphatic heterocycles. The van der Waals surface area contributed by atoms with Gasteiger partial charge in [0.2, 0.25) is 0 Å². The summed E-state index contributed by atoms with van der Waals surface area (Å²) in [4.78, 5) is 34.7. The summed E-state index contributed by atoms with van der Waals surface area (Å²) < 4.78 is 0. The predicted molar refractivity (Wildman–Crippen MR) is 76.5 cm³/mol. The number of nitro groups is 1. The number of hydrogen-bond donors (Lipinski definition) is 1. The average Bonchev–Trinajstić information content (AvgIpc) is 2.37. The van der Waals surface area contributed by atoms with Crippen LogP contribution in [0.5, 0.6) is 0 Å². The van der Waals surface area contributed by atoms with E-state index in [9.17, 15) is 19.7 Å². The topological polar surface area (TPSA) is 101 Å². The van der Waals surface area contributed by atoms with E-state index in [-0.39, 0.29) is 29.6 Å². The van der Waals surface area contributed by atoms with Crippen LogP contribution >= 0.6 is 11.6 Å². The molecule has 0 radical (unpaired) electrons. The fourth-order valence-electron chi connectivity index (χ4n) is 1.83. The van der Waals surface area contributed by atoms with Gasteiger partial charge in [0, 0.05) is 18.7 Å². The highest BCUT2D eigenvalue weighted by molar-refractivity contribution is 6.34. The van der Waals surface area contributed by atoms with Crippen molar-refractivity contribution in [1.29, 1.82) is 0 Å². The Morgan fingerprint density at radius 2 is 2.05 bits per heavy atom. The summed E-state index contributed by atoms with van der Waals surface area (Å²) in [5, 5.41) is 19.7. The fourth-order valence-corrected chi connectivity index (χ4v) is 2.08. The number of nitro benzene ring substituents is 1. The molecule has 1 N–H and O–H groups in total. The molecule has 0 heterocycles. The summed E-state index contributed by atoms with van der Waals surface area (Å²) >= 11 is 5.91. The largest absolute Gasteiger partial charge is 0.481 e. The number of carboxylic acids is 1. The lowest BCUT2D eigenvalue weighted by Gasteiger charge is -2.26. The number of carbonyl (C=O) groups is 2. The molecule has 1 aromatic rings. The molecule has 0 bridgehead atoms. The Kier molecular flexibility index (Phi) is 5.66. The van der Waals surface area contributed by atoms with Crippen LogP contribution in [0, 0.1) is 10.1 Å². The molecule has 1 aromatic carbocycles. The number of amides is 1. The Balaban J connectivity index is 3.21. The molecule has 0 aromatic heterocycles. The molecule has 8 heteroatoms. The van der Waals surface area contributed by atoms with E-state index in [1.807, 2.05) is 0 Å². The first kappa shape index (κ1) is 16.9. The number of aliphatic carboxylic acids is 1. The minimum absolute atomic E-state index is 0.0322. The number of nitrogens with zero attached hydrogens (tertiary/aromatic N) is 2. The summed E-state index contributed by atoms with van der Waals surface area (Å²) in [7, 11) is 0. The van der Waals surface area contributed by atoms with Crippen LogP contribution < -0.4 is 0 Å². The van der Waals surface area contributed by atoms with Gasteiger partial charge in [-0.1, -0.05) is 17.7 Å². The van der Waals surface area contributed by atoms with Crippen molar-refractivity contribution in [3.8, 4) is 0 Å². The lowest BCUT2D eigenvalue weighted by molar-refractivity contribution is -0.385. The van der Waals surface area contributed by atoms with E-state index in [2.05, 4.69) is 0 Å². The van der Waals surface area contributed by atoms with Gasteiger partial charge in [0.15, 0.2) is 0 Å². The third-order valence-corrected chi connectivity index (χ3v) is 3.17. The van der Waals surface area contributed by atoms with Crippen LogP contribution in [0.2, 0.25) is 5.02 Å². The average molecular weight is 315 g/mol. The second-order valence-electron chi connectivity index (χ2n) is 4.63. The molecule has 0 fully saturated rings. The maximum Gasteiger partial charge on any atom is 0.305 e. The normalized spacial score (nSPS) is 10.5. The van der Waals surface area contributed by atoms with E-state index in [1.165, 1.54) is 23.1 Å². The van der Waals surface area contributed by atoms with Crippen LogP contribution in [0.1, 0.15) is 30.6 Å². The Hall–Kier alpha value is -2.15. The van der Waals surface area contributed by atoms with Gasteiger partial charge in [-0.2, -0.15) is 0 Å². The molecule has 0 aliphatic rings. The number of halogens is 1. The molecule has 1 amide bonds. The van der Waals surface area contributed by atoms with Crippen molar-refractivity contribution in [2.45, 2.75) is 26.3 Å². The predicted octanol–water partition coefficient (Wildman–Crippen LogP) is 2.57. The van der Waals surface area contributed by atoms with Gasteiger partial charge in [-0.25, -0.2) is 0 Å². The number of benzene rings is 1. The Bertz CT molecular complexity index is 574. The lowest BCUT2D eigenvalue weighted by atomic mass is 10.1. The van der Waals surface area contributed by atoms with Gasteiger partial charge < -0.3 is 10.0 Å². The maximum absolute atomic E-state index is 12.5. The minimum Gasteiger partial charge on any atom is -0.481 e. The van der Waals surface area contributed by atoms with Crippen LogP contribution in [0.4, 0.5) is 5.69 Å². The van der Waals surface area contributed by atoms with E-state index >= 15 is 0 Å². The number of hydrogen-bond acceptors (Lipinski definition) is 4. The van der Waals surface area contributed by atoms with Gasteiger partial charge in [-0.05, 0) is 19.9 Å². The third kappa shape index (κ3) is 4.16. The van der Waals surface area contributed by atoms with Crippen molar-refractivity contribution in [3.63, 3.8) is 0 Å². The van der Waals surface area contributed by atoms with Gasteiger partial charge in [0.05, 0.1) is 16.4 Å². The summed E-state index contributed by atoms with van der Waals surface area (Å²) in [6.45, 7) is 3.35. The minimum atomic E-state index is -1.05. The van der Waals surface area contributed by atoms with Gasteiger partial charge in [0.1, 0.15) is 5.56 Å². The first-order valence-corrected chi connectivity index (χ1v) is 6.59. The molecular weight excluding hydrogens is 300 g/mol. The SMILES string of the molecule is CC(C)N(CCC(=O)O)C(=O)c1c(Cl)cccc1[N+](=O)[O-]. The summed E-state index contributed by atoms with van der Waals surface area (Å²) in [6, 6.07) is 3.65. The van der Waals surface area contributed by atoms with E-state index in [4.69, 9.17) is 16.7 Å². The Labute approximate surface area is 126 Å². The molecule has 0 aliphatic carbocycles. The third-order valence-electron chi connectivity index (χ3n) is 2.85. The molecule has 7 nitrogen and oxygen atoms in total. The molecule has 0 unspecified atom stereocenters. The highest BCUT2D eigenvalue weighted by atomic mass is 35.5. The van der Waals surface area contributed by atoms with Crippen LogP contribution in [-0.2, 0) is 4.79 Å². The Morgan fingerprint density at radius 3 is 2.52 bits per heavy atom. The van der Waals surface area contributed by atoms with Gasteiger partial charge in [-0.15, -0.1) is 0 Å². The molecule has 0 saturated heterocycles. The molecule has 21 heavy (non-hydrogen) atoms. The van der Waals surface area contributed by atoms with Crippen molar-refractivity contribution in [2.24, 2.45) is 0 Å². The highest BCUT2D eigenvalue weighted by Gasteiger charge is 2.28. The second kappa shape index (κ2) is 7.03. The van der Waals surface area contributed by atoms with E-state index in [0.29, 0.717) is 0 Å². The van der Waals surface area contributed by atoms with Crippen molar-refractivity contribution >= 4 is 29.2 Å². The molecule has 1 rings (SSSR count). The first-order chi connectivity index (χ1) is 9.75. The van der Waals surface area contributed by atoms with Crippen molar-refractivity contribution in [1.82, 2.24) is 4.90 Å². The fraction of sp³-hybridized carbons (Fsp3) is 0.385. The van der Waals surface area contributed by atoms with Crippen molar-refractivity contribution in [2.75, 3.05) is 6.54 Å². The van der Waals surface area contributed by atoms with Crippen LogP contribution in [0.15, 0.2) is 18.2 Å². The van der Waals surface area contributed by atoms with Gasteiger partial charge in [0.25, 0.3) is 11.6 Å². The quantitative estimate of drug-likeness (QED) is 0.642. The zero-order chi connectivity index (χ0) is 16.2. The zero-order valence-electron chi connectivity index (χ0n) is 11.6. The second-order valence-corrected chi connectivity index (χ2v) is 5.03. The van der Waals surface area contributed by atoms with Crippen molar-refractivity contribution in [3.05, 3.63) is 38.9 Å². The molecule has 0 saturated carbocycles. The number of rotatable bonds is 6. The van der Waals surface area contributed by atoms with Crippen LogP contribution in [-0.4, -0.2) is 39.4 Å². The van der Waals surface area contributed by atoms with Gasteiger partial charge in [-0.3, -0.25) is 19.7 Å². The Morgan fingerprint density at radius 1 is 1.43 bits per heavy atom. The zero-order valence-corrected chi connectivity index (χ0v) is 12.3. The smallest absolute Gasteiger partial charge is 0.305 e. The molecule has 114 valence electrons. The van der Waals surface area contributed by atoms with E-state index in [0.717, 1.165) is 0 Å². The molecular formula is C13H15ClN2O5.